The van der Waals surface area contributed by atoms with Crippen molar-refractivity contribution < 1.29 is 0 Å². The van der Waals surface area contributed by atoms with Crippen molar-refractivity contribution >= 4 is 0 Å². The van der Waals surface area contributed by atoms with E-state index in [0.717, 1.165) is 24.4 Å². The zero-order valence-corrected chi connectivity index (χ0v) is 10.2. The molecule has 0 amide bonds. The van der Waals surface area contributed by atoms with E-state index in [1.807, 2.05) is 24.3 Å². The molecule has 0 spiro atoms. The first-order valence-corrected chi connectivity index (χ1v) is 5.87. The molecule has 5 heteroatoms. The molecule has 0 bridgehead atoms. The molecule has 2 N–H and O–H groups in total. The molecule has 1 heterocycles. The number of rotatable bonds is 5. The molecule has 0 aliphatic carbocycles. The minimum atomic E-state index is 0.209. The fourth-order valence-electron chi connectivity index (χ4n) is 1.75. The number of hydrogen-bond donors (Lipinski definition) is 2. The van der Waals surface area contributed by atoms with E-state index in [1.54, 1.807) is 0 Å². The van der Waals surface area contributed by atoms with E-state index < -0.39 is 0 Å². The van der Waals surface area contributed by atoms with Crippen LogP contribution in [0.1, 0.15) is 29.9 Å². The van der Waals surface area contributed by atoms with Gasteiger partial charge in [0.1, 0.15) is 12.2 Å². The molecule has 18 heavy (non-hydrogen) atoms. The fourth-order valence-corrected chi connectivity index (χ4v) is 1.75. The maximum Gasteiger partial charge on any atom is 0.137 e. The standard InChI is InChI=1S/C13H15N5/c1-10(12-4-2-3-11(7-12)8-14)15-6-5-13-16-9-17-18-13/h2-4,7,9-10,15H,5-6H2,1H3,(H,16,17,18). The highest BCUT2D eigenvalue weighted by Gasteiger charge is 2.05. The number of nitriles is 1. The molecule has 1 atom stereocenters. The van der Waals surface area contributed by atoms with Gasteiger partial charge in [-0.05, 0) is 24.6 Å². The summed E-state index contributed by atoms with van der Waals surface area (Å²) in [6, 6.07) is 10.0. The van der Waals surface area contributed by atoms with Crippen LogP contribution in [0.5, 0.6) is 0 Å². The number of nitrogens with zero attached hydrogens (tertiary/aromatic N) is 3. The normalized spacial score (nSPS) is 12.0. The van der Waals surface area contributed by atoms with Gasteiger partial charge in [-0.3, -0.25) is 5.10 Å². The minimum absolute atomic E-state index is 0.209. The van der Waals surface area contributed by atoms with Crippen LogP contribution >= 0.6 is 0 Å². The Kier molecular flexibility index (Phi) is 4.05. The van der Waals surface area contributed by atoms with Crippen molar-refractivity contribution in [2.24, 2.45) is 0 Å². The molecule has 5 nitrogen and oxygen atoms in total. The predicted octanol–water partition coefficient (Wildman–Crippen LogP) is 1.57. The van der Waals surface area contributed by atoms with Gasteiger partial charge < -0.3 is 5.32 Å². The third-order valence-corrected chi connectivity index (χ3v) is 2.79. The monoisotopic (exact) mass is 241 g/mol. The van der Waals surface area contributed by atoms with Crippen molar-refractivity contribution in [2.75, 3.05) is 6.54 Å². The number of hydrogen-bond acceptors (Lipinski definition) is 4. The Morgan fingerprint density at radius 1 is 1.50 bits per heavy atom. The van der Waals surface area contributed by atoms with E-state index >= 15 is 0 Å². The lowest BCUT2D eigenvalue weighted by Crippen LogP contribution is -2.21. The van der Waals surface area contributed by atoms with Crippen LogP contribution in [0.4, 0.5) is 0 Å². The molecule has 1 aromatic carbocycles. The van der Waals surface area contributed by atoms with Gasteiger partial charge in [-0.2, -0.15) is 10.4 Å². The number of benzene rings is 1. The van der Waals surface area contributed by atoms with Gasteiger partial charge in [-0.25, -0.2) is 4.98 Å². The van der Waals surface area contributed by atoms with E-state index in [-0.39, 0.29) is 6.04 Å². The van der Waals surface area contributed by atoms with Gasteiger partial charge in [-0.1, -0.05) is 12.1 Å². The molecule has 2 rings (SSSR count). The zero-order valence-electron chi connectivity index (χ0n) is 10.2. The smallest absolute Gasteiger partial charge is 0.137 e. The molecular formula is C13H15N5. The number of aromatic amines is 1. The SMILES string of the molecule is CC(NCCc1ncn[nH]1)c1cccc(C#N)c1. The van der Waals surface area contributed by atoms with Crippen LogP contribution in [0.2, 0.25) is 0 Å². The summed E-state index contributed by atoms with van der Waals surface area (Å²) < 4.78 is 0. The van der Waals surface area contributed by atoms with E-state index in [4.69, 9.17) is 5.26 Å². The molecule has 0 fully saturated rings. The average molecular weight is 241 g/mol. The van der Waals surface area contributed by atoms with Crippen LogP contribution in [0.15, 0.2) is 30.6 Å². The van der Waals surface area contributed by atoms with Crippen molar-refractivity contribution in [3.63, 3.8) is 0 Å². The van der Waals surface area contributed by atoms with Crippen LogP contribution in [0.3, 0.4) is 0 Å². The second-order valence-corrected chi connectivity index (χ2v) is 4.10. The highest BCUT2D eigenvalue weighted by atomic mass is 15.2. The number of H-pyrrole nitrogens is 1. The van der Waals surface area contributed by atoms with Gasteiger partial charge in [0, 0.05) is 19.0 Å². The summed E-state index contributed by atoms with van der Waals surface area (Å²) in [5.41, 5.74) is 1.81. The van der Waals surface area contributed by atoms with Crippen LogP contribution in [-0.4, -0.2) is 21.7 Å². The molecule has 92 valence electrons. The number of nitrogens with one attached hydrogen (secondary N) is 2. The van der Waals surface area contributed by atoms with Crippen molar-refractivity contribution in [1.82, 2.24) is 20.5 Å². The largest absolute Gasteiger partial charge is 0.310 e. The average Bonchev–Trinajstić information content (AvgIpc) is 2.92. The Labute approximate surface area is 106 Å². The second kappa shape index (κ2) is 5.94. The van der Waals surface area contributed by atoms with E-state index in [9.17, 15) is 0 Å². The maximum absolute atomic E-state index is 8.86. The first-order chi connectivity index (χ1) is 8.79. The summed E-state index contributed by atoms with van der Waals surface area (Å²) in [7, 11) is 0. The lowest BCUT2D eigenvalue weighted by Gasteiger charge is -2.13. The molecule has 2 aromatic rings. The van der Waals surface area contributed by atoms with Crippen molar-refractivity contribution in [1.29, 1.82) is 5.26 Å². The molecular weight excluding hydrogens is 226 g/mol. The van der Waals surface area contributed by atoms with E-state index in [0.29, 0.717) is 5.56 Å². The quantitative estimate of drug-likeness (QED) is 0.833. The van der Waals surface area contributed by atoms with Gasteiger partial charge >= 0.3 is 0 Å². The summed E-state index contributed by atoms with van der Waals surface area (Å²) >= 11 is 0. The lowest BCUT2D eigenvalue weighted by atomic mass is 10.1. The van der Waals surface area contributed by atoms with E-state index in [1.165, 1.54) is 6.33 Å². The Bertz CT molecular complexity index is 527. The number of aromatic nitrogens is 3. The molecule has 0 radical (unpaired) electrons. The summed E-state index contributed by atoms with van der Waals surface area (Å²) in [4.78, 5) is 4.06. The summed E-state index contributed by atoms with van der Waals surface area (Å²) in [5.74, 6) is 0.875. The highest BCUT2D eigenvalue weighted by Crippen LogP contribution is 2.13. The van der Waals surface area contributed by atoms with Gasteiger partial charge in [-0.15, -0.1) is 0 Å². The topological polar surface area (TPSA) is 77.4 Å². The summed E-state index contributed by atoms with van der Waals surface area (Å²) in [6.45, 7) is 2.89. The Hall–Kier alpha value is -2.19. The summed E-state index contributed by atoms with van der Waals surface area (Å²) in [6.07, 6.45) is 2.32. The third-order valence-electron chi connectivity index (χ3n) is 2.79. The molecule has 1 aromatic heterocycles. The van der Waals surface area contributed by atoms with Crippen LogP contribution in [0.25, 0.3) is 0 Å². The molecule has 0 aliphatic heterocycles. The van der Waals surface area contributed by atoms with Crippen molar-refractivity contribution in [3.05, 3.63) is 47.5 Å². The van der Waals surface area contributed by atoms with Gasteiger partial charge in [0.05, 0.1) is 11.6 Å². The minimum Gasteiger partial charge on any atom is -0.310 e. The van der Waals surface area contributed by atoms with Crippen LogP contribution in [0, 0.1) is 11.3 Å². The zero-order chi connectivity index (χ0) is 12.8. The predicted molar refractivity (Wildman–Crippen MR) is 67.7 cm³/mol. The summed E-state index contributed by atoms with van der Waals surface area (Å²) in [5, 5.41) is 18.9. The Morgan fingerprint density at radius 3 is 3.11 bits per heavy atom. The van der Waals surface area contributed by atoms with Gasteiger partial charge in [0.15, 0.2) is 0 Å². The first-order valence-electron chi connectivity index (χ1n) is 5.87. The molecule has 1 unspecified atom stereocenters. The van der Waals surface area contributed by atoms with Gasteiger partial charge in [0.2, 0.25) is 0 Å². The van der Waals surface area contributed by atoms with Crippen molar-refractivity contribution in [2.45, 2.75) is 19.4 Å². The molecule has 0 saturated carbocycles. The maximum atomic E-state index is 8.86. The second-order valence-electron chi connectivity index (χ2n) is 4.10. The first kappa shape index (κ1) is 12.3. The van der Waals surface area contributed by atoms with Crippen LogP contribution in [-0.2, 0) is 6.42 Å². The van der Waals surface area contributed by atoms with Crippen molar-refractivity contribution in [3.8, 4) is 6.07 Å². The van der Waals surface area contributed by atoms with E-state index in [2.05, 4.69) is 33.5 Å². The Morgan fingerprint density at radius 2 is 2.39 bits per heavy atom. The fraction of sp³-hybridized carbons (Fsp3) is 0.308. The highest BCUT2D eigenvalue weighted by molar-refractivity contribution is 5.33. The van der Waals surface area contributed by atoms with Crippen LogP contribution < -0.4 is 5.32 Å². The lowest BCUT2D eigenvalue weighted by molar-refractivity contribution is 0.570. The Balaban J connectivity index is 1.87. The van der Waals surface area contributed by atoms with Gasteiger partial charge in [0.25, 0.3) is 0 Å². The molecule has 0 saturated heterocycles. The molecule has 0 aliphatic rings. The third kappa shape index (κ3) is 3.15.